The molecule has 0 saturated heterocycles. The van der Waals surface area contributed by atoms with E-state index in [1.54, 1.807) is 22.6 Å². The van der Waals surface area contributed by atoms with E-state index >= 15 is 0 Å². The molecule has 0 aliphatic carbocycles. The summed E-state index contributed by atoms with van der Waals surface area (Å²) in [5.74, 6) is 0. The lowest BCUT2D eigenvalue weighted by Gasteiger charge is -2.05. The van der Waals surface area contributed by atoms with Gasteiger partial charge in [0, 0.05) is 12.7 Å². The minimum absolute atomic E-state index is 0.257. The normalized spacial score (nSPS) is 11.7. The fourth-order valence-corrected chi connectivity index (χ4v) is 1.39. The van der Waals surface area contributed by atoms with Gasteiger partial charge in [-0.25, -0.2) is 0 Å². The smallest absolute Gasteiger partial charge is 0.298 e. The van der Waals surface area contributed by atoms with Crippen molar-refractivity contribution < 1.29 is 18.0 Å². The number of nitrogens with zero attached hydrogens (tertiary/aromatic N) is 2. The van der Waals surface area contributed by atoms with Crippen molar-refractivity contribution in [1.29, 1.82) is 0 Å². The second-order valence-corrected chi connectivity index (χ2v) is 3.64. The van der Waals surface area contributed by atoms with E-state index in [-0.39, 0.29) is 6.54 Å². The van der Waals surface area contributed by atoms with Crippen molar-refractivity contribution in [2.75, 3.05) is 0 Å². The molecule has 3 nitrogen and oxygen atoms in total. The van der Waals surface area contributed by atoms with Gasteiger partial charge in [-0.2, -0.15) is 18.3 Å². The number of aldehydes is 1. The van der Waals surface area contributed by atoms with Gasteiger partial charge in [-0.3, -0.25) is 9.48 Å². The summed E-state index contributed by atoms with van der Waals surface area (Å²) in [6, 6.07) is 0. The highest BCUT2D eigenvalue weighted by Crippen LogP contribution is 2.20. The third-order valence-corrected chi connectivity index (χ3v) is 2.33. The maximum atomic E-state index is 11.8. The Morgan fingerprint density at radius 1 is 1.57 bits per heavy atom. The number of alkyl halides is 3. The Bertz CT molecular complexity index is 334. The molecule has 78 valence electrons. The first-order chi connectivity index (χ1) is 6.42. The van der Waals surface area contributed by atoms with Crippen molar-refractivity contribution >= 4 is 28.9 Å². The van der Waals surface area contributed by atoms with Gasteiger partial charge in [0.15, 0.2) is 6.29 Å². The molecule has 0 fully saturated rings. The van der Waals surface area contributed by atoms with Gasteiger partial charge >= 0.3 is 6.18 Å². The third kappa shape index (κ3) is 3.28. The largest absolute Gasteiger partial charge is 0.390 e. The van der Waals surface area contributed by atoms with Crippen LogP contribution in [0.5, 0.6) is 0 Å². The Balaban J connectivity index is 2.64. The summed E-state index contributed by atoms with van der Waals surface area (Å²) in [4.78, 5) is 10.4. The Kier molecular flexibility index (Phi) is 3.51. The Morgan fingerprint density at radius 3 is 2.64 bits per heavy atom. The number of aromatic nitrogens is 2. The molecule has 0 N–H and O–H groups in total. The third-order valence-electron chi connectivity index (χ3n) is 1.49. The SMILES string of the molecule is O=Cc1cn(CCC(F)(F)F)nc1I. The summed E-state index contributed by atoms with van der Waals surface area (Å²) in [6.07, 6.45) is -3.26. The fraction of sp³-hybridized carbons (Fsp3) is 0.429. The van der Waals surface area contributed by atoms with E-state index in [1.165, 1.54) is 6.20 Å². The molecular formula is C7H6F3IN2O. The van der Waals surface area contributed by atoms with Gasteiger partial charge in [0.1, 0.15) is 3.70 Å². The molecule has 1 heterocycles. The zero-order valence-electron chi connectivity index (χ0n) is 6.88. The van der Waals surface area contributed by atoms with Crippen LogP contribution in [0.4, 0.5) is 13.2 Å². The van der Waals surface area contributed by atoms with Gasteiger partial charge in [0.05, 0.1) is 12.0 Å². The standard InChI is InChI=1S/C7H6F3IN2O/c8-7(9,10)1-2-13-3-5(4-14)6(11)12-13/h3-4H,1-2H2. The van der Waals surface area contributed by atoms with Crippen LogP contribution in [0.1, 0.15) is 16.8 Å². The van der Waals surface area contributed by atoms with Crippen molar-refractivity contribution in [2.45, 2.75) is 19.1 Å². The molecule has 0 spiro atoms. The van der Waals surface area contributed by atoms with Crippen LogP contribution in [0.25, 0.3) is 0 Å². The van der Waals surface area contributed by atoms with E-state index in [0.717, 1.165) is 4.68 Å². The molecule has 0 saturated carbocycles. The van der Waals surface area contributed by atoms with Crippen molar-refractivity contribution in [1.82, 2.24) is 9.78 Å². The highest BCUT2D eigenvalue weighted by molar-refractivity contribution is 14.1. The van der Waals surface area contributed by atoms with Gasteiger partial charge < -0.3 is 0 Å². The predicted molar refractivity (Wildman–Crippen MR) is 51.0 cm³/mol. The Morgan fingerprint density at radius 2 is 2.21 bits per heavy atom. The summed E-state index contributed by atoms with van der Waals surface area (Å²) >= 11 is 1.80. The topological polar surface area (TPSA) is 34.9 Å². The summed E-state index contributed by atoms with van der Waals surface area (Å²) < 4.78 is 37.0. The Labute approximate surface area is 91.4 Å². The molecule has 0 radical (unpaired) electrons. The first-order valence-corrected chi connectivity index (χ1v) is 4.75. The van der Waals surface area contributed by atoms with E-state index in [0.29, 0.717) is 15.6 Å². The minimum atomic E-state index is -4.20. The van der Waals surface area contributed by atoms with Crippen LogP contribution < -0.4 is 0 Å². The summed E-state index contributed by atoms with van der Waals surface area (Å²) in [5, 5.41) is 3.76. The number of halogens is 4. The van der Waals surface area contributed by atoms with Crippen molar-refractivity contribution in [3.05, 3.63) is 15.5 Å². The molecule has 1 aromatic rings. The molecule has 0 atom stereocenters. The molecule has 0 amide bonds. The minimum Gasteiger partial charge on any atom is -0.298 e. The van der Waals surface area contributed by atoms with Crippen molar-refractivity contribution in [2.24, 2.45) is 0 Å². The molecule has 0 aliphatic rings. The number of hydrogen-bond donors (Lipinski definition) is 0. The molecular weight excluding hydrogens is 312 g/mol. The number of rotatable bonds is 3. The quantitative estimate of drug-likeness (QED) is 0.633. The molecule has 0 aromatic carbocycles. The van der Waals surface area contributed by atoms with Gasteiger partial charge in [-0.1, -0.05) is 0 Å². The van der Waals surface area contributed by atoms with Crippen LogP contribution >= 0.6 is 22.6 Å². The van der Waals surface area contributed by atoms with Crippen LogP contribution in [0.3, 0.4) is 0 Å². The van der Waals surface area contributed by atoms with E-state index in [4.69, 9.17) is 0 Å². The highest BCUT2D eigenvalue weighted by Gasteiger charge is 2.26. The van der Waals surface area contributed by atoms with E-state index in [1.807, 2.05) is 0 Å². The summed E-state index contributed by atoms with van der Waals surface area (Å²) in [6.45, 7) is -0.257. The molecule has 7 heteroatoms. The van der Waals surface area contributed by atoms with Gasteiger partial charge in [0.25, 0.3) is 0 Å². The second-order valence-electron chi connectivity index (χ2n) is 2.62. The van der Waals surface area contributed by atoms with Gasteiger partial charge in [-0.05, 0) is 22.6 Å². The van der Waals surface area contributed by atoms with E-state index < -0.39 is 12.6 Å². The predicted octanol–water partition coefficient (Wildman–Crippen LogP) is 2.25. The van der Waals surface area contributed by atoms with Crippen LogP contribution in [0.15, 0.2) is 6.20 Å². The maximum absolute atomic E-state index is 11.8. The zero-order valence-corrected chi connectivity index (χ0v) is 9.04. The maximum Gasteiger partial charge on any atom is 0.390 e. The van der Waals surface area contributed by atoms with Crippen LogP contribution in [-0.4, -0.2) is 22.2 Å². The first-order valence-electron chi connectivity index (χ1n) is 3.67. The Hall–Kier alpha value is -0.600. The number of aryl methyl sites for hydroxylation is 1. The lowest BCUT2D eigenvalue weighted by Crippen LogP contribution is -2.12. The average molecular weight is 318 g/mol. The first kappa shape index (κ1) is 11.5. The highest BCUT2D eigenvalue weighted by atomic mass is 127. The fourth-order valence-electron chi connectivity index (χ4n) is 0.848. The zero-order chi connectivity index (χ0) is 10.8. The van der Waals surface area contributed by atoms with Crippen LogP contribution in [-0.2, 0) is 6.54 Å². The molecule has 0 unspecified atom stereocenters. The van der Waals surface area contributed by atoms with Crippen LogP contribution in [0.2, 0.25) is 0 Å². The number of carbonyl (C=O) groups excluding carboxylic acids is 1. The molecule has 14 heavy (non-hydrogen) atoms. The second kappa shape index (κ2) is 4.28. The lowest BCUT2D eigenvalue weighted by atomic mass is 10.4. The molecule has 1 rings (SSSR count). The van der Waals surface area contributed by atoms with Crippen molar-refractivity contribution in [3.63, 3.8) is 0 Å². The molecule has 1 aromatic heterocycles. The average Bonchev–Trinajstić information content (AvgIpc) is 2.42. The van der Waals surface area contributed by atoms with Crippen LogP contribution in [0, 0.1) is 3.70 Å². The van der Waals surface area contributed by atoms with Gasteiger partial charge in [0.2, 0.25) is 0 Å². The molecule has 0 aliphatic heterocycles. The van der Waals surface area contributed by atoms with Crippen molar-refractivity contribution in [3.8, 4) is 0 Å². The van der Waals surface area contributed by atoms with E-state index in [2.05, 4.69) is 5.10 Å². The summed E-state index contributed by atoms with van der Waals surface area (Å²) in [7, 11) is 0. The number of hydrogen-bond acceptors (Lipinski definition) is 2. The lowest BCUT2D eigenvalue weighted by molar-refractivity contribution is -0.137. The summed E-state index contributed by atoms with van der Waals surface area (Å²) in [5.41, 5.74) is 0.313. The monoisotopic (exact) mass is 318 g/mol. The van der Waals surface area contributed by atoms with E-state index in [9.17, 15) is 18.0 Å². The number of carbonyl (C=O) groups is 1. The van der Waals surface area contributed by atoms with Gasteiger partial charge in [-0.15, -0.1) is 0 Å². The molecule has 0 bridgehead atoms.